The van der Waals surface area contributed by atoms with E-state index in [1.54, 1.807) is 54.6 Å². The lowest BCUT2D eigenvalue weighted by Crippen LogP contribution is -2.27. The molecule has 0 bridgehead atoms. The molecule has 0 aliphatic heterocycles. The van der Waals surface area contributed by atoms with Crippen LogP contribution in [-0.4, -0.2) is 41.9 Å². The van der Waals surface area contributed by atoms with Crippen molar-refractivity contribution in [2.24, 2.45) is 0 Å². The van der Waals surface area contributed by atoms with E-state index in [0.717, 1.165) is 4.90 Å². The number of halogens is 2. The van der Waals surface area contributed by atoms with Crippen LogP contribution in [0.1, 0.15) is 22.3 Å². The van der Waals surface area contributed by atoms with Crippen molar-refractivity contribution in [2.75, 3.05) is 35.5 Å². The van der Waals surface area contributed by atoms with Crippen molar-refractivity contribution in [1.82, 2.24) is 15.3 Å². The highest BCUT2D eigenvalue weighted by atomic mass is 19.2. The van der Waals surface area contributed by atoms with E-state index in [4.69, 9.17) is 5.26 Å². The van der Waals surface area contributed by atoms with Crippen molar-refractivity contribution in [3.63, 3.8) is 0 Å². The highest BCUT2D eigenvalue weighted by Gasteiger charge is 2.14. The van der Waals surface area contributed by atoms with Gasteiger partial charge in [-0.2, -0.15) is 15.4 Å². The number of carbonyl (C=O) groups is 2. The number of nitrogens with zero attached hydrogens (tertiary/aromatic N) is 5. The van der Waals surface area contributed by atoms with E-state index in [9.17, 15) is 18.5 Å². The zero-order valence-electron chi connectivity index (χ0n) is 19.4. The summed E-state index contributed by atoms with van der Waals surface area (Å²) in [6.45, 7) is 3.18. The molecule has 0 radical (unpaired) electrons. The third-order valence-corrected chi connectivity index (χ3v) is 5.02. The summed E-state index contributed by atoms with van der Waals surface area (Å²) in [6.07, 6.45) is 1.70. The van der Waals surface area contributed by atoms with Crippen LogP contribution in [0.5, 0.6) is 0 Å². The quantitative estimate of drug-likeness (QED) is 0.250. The van der Waals surface area contributed by atoms with Crippen LogP contribution in [0.15, 0.2) is 73.2 Å². The summed E-state index contributed by atoms with van der Waals surface area (Å²) in [6, 6.07) is 16.3. The fraction of sp³-hybridized carbons (Fsp3) is 0.160. The maximum Gasteiger partial charge on any atom is 0.286 e. The Balaban J connectivity index is 1.50. The second-order valence-electron chi connectivity index (χ2n) is 7.57. The molecule has 0 saturated heterocycles. The molecule has 0 saturated carbocycles. The molecule has 3 rings (SSSR count). The summed E-state index contributed by atoms with van der Waals surface area (Å²) in [5.41, 5.74) is 1.94. The number of likely N-dealkylation sites (N-methyl/N-ethyl adjacent to an activating group) is 1. The first kappa shape index (κ1) is 25.8. The van der Waals surface area contributed by atoms with Gasteiger partial charge in [-0.05, 0) is 61.0 Å². The van der Waals surface area contributed by atoms with Gasteiger partial charge in [0.05, 0.1) is 18.2 Å². The molecule has 0 unspecified atom stereocenters. The van der Waals surface area contributed by atoms with Gasteiger partial charge in [0.1, 0.15) is 5.82 Å². The fourth-order valence-electron chi connectivity index (χ4n) is 3.07. The van der Waals surface area contributed by atoms with E-state index >= 15 is 0 Å². The van der Waals surface area contributed by atoms with Crippen molar-refractivity contribution in [2.45, 2.75) is 6.42 Å². The Morgan fingerprint density at radius 3 is 2.44 bits per heavy atom. The fourth-order valence-corrected chi connectivity index (χ4v) is 3.07. The number of benzene rings is 2. The number of anilines is 4. The monoisotopic (exact) mass is 491 g/mol. The average molecular weight is 492 g/mol. The molecule has 3 aromatic rings. The smallest absolute Gasteiger partial charge is 0.286 e. The van der Waals surface area contributed by atoms with Gasteiger partial charge in [-0.1, -0.05) is 11.1 Å². The molecule has 36 heavy (non-hydrogen) atoms. The van der Waals surface area contributed by atoms with Crippen LogP contribution >= 0.6 is 0 Å². The van der Waals surface area contributed by atoms with Crippen molar-refractivity contribution in [1.29, 1.82) is 5.26 Å². The number of rotatable bonds is 10. The van der Waals surface area contributed by atoms with Gasteiger partial charge in [0.15, 0.2) is 5.83 Å². The van der Waals surface area contributed by atoms with Crippen molar-refractivity contribution >= 4 is 35.0 Å². The lowest BCUT2D eigenvalue weighted by molar-refractivity contribution is -0.116. The topological polar surface area (TPSA) is 114 Å². The summed E-state index contributed by atoms with van der Waals surface area (Å²) in [4.78, 5) is 33.0. The minimum Gasteiger partial charge on any atom is -0.352 e. The molecule has 2 N–H and O–H groups in total. The predicted octanol–water partition coefficient (Wildman–Crippen LogP) is 4.05. The molecule has 1 heterocycles. The molecule has 184 valence electrons. The van der Waals surface area contributed by atoms with E-state index in [2.05, 4.69) is 27.2 Å². The minimum atomic E-state index is -1.06. The van der Waals surface area contributed by atoms with Crippen LogP contribution in [-0.2, 0) is 4.79 Å². The number of nitrogens with one attached hydrogen (secondary N) is 2. The number of nitriles is 1. The summed E-state index contributed by atoms with van der Waals surface area (Å²) in [5.74, 6) is -2.03. The summed E-state index contributed by atoms with van der Waals surface area (Å²) < 4.78 is 27.6. The van der Waals surface area contributed by atoms with Crippen molar-refractivity contribution in [3.8, 4) is 6.07 Å². The second-order valence-corrected chi connectivity index (χ2v) is 7.57. The highest BCUT2D eigenvalue weighted by molar-refractivity contribution is 6.03. The van der Waals surface area contributed by atoms with Crippen LogP contribution in [0.25, 0.3) is 0 Å². The van der Waals surface area contributed by atoms with Gasteiger partial charge >= 0.3 is 0 Å². The molecule has 2 amide bonds. The largest absolute Gasteiger partial charge is 0.352 e. The zero-order valence-corrected chi connectivity index (χ0v) is 19.4. The van der Waals surface area contributed by atoms with E-state index in [0.29, 0.717) is 39.9 Å². The van der Waals surface area contributed by atoms with Crippen LogP contribution in [0.2, 0.25) is 0 Å². The normalized spacial score (nSPS) is 10.2. The van der Waals surface area contributed by atoms with Gasteiger partial charge in [0.25, 0.3) is 17.8 Å². The Hall–Kier alpha value is -4.85. The first-order valence-electron chi connectivity index (χ1n) is 10.8. The van der Waals surface area contributed by atoms with E-state index < -0.39 is 11.7 Å². The van der Waals surface area contributed by atoms with E-state index in [-0.39, 0.29) is 24.9 Å². The van der Waals surface area contributed by atoms with E-state index in [1.165, 1.54) is 13.2 Å². The Kier molecular flexibility index (Phi) is 8.61. The Labute approximate surface area is 206 Å². The third kappa shape index (κ3) is 6.83. The minimum absolute atomic E-state index is 0.0496. The number of carbonyl (C=O) groups excluding carboxylic acids is 2. The van der Waals surface area contributed by atoms with Crippen molar-refractivity contribution in [3.05, 3.63) is 84.3 Å². The van der Waals surface area contributed by atoms with Crippen LogP contribution in [0.3, 0.4) is 0 Å². The molecular formula is C25H23F2N7O2. The molecule has 1 aromatic heterocycles. The Morgan fingerprint density at radius 2 is 1.81 bits per heavy atom. The maximum atomic E-state index is 14.5. The zero-order chi connectivity index (χ0) is 26.1. The van der Waals surface area contributed by atoms with Gasteiger partial charge in [-0.25, -0.2) is 9.37 Å². The first-order valence-corrected chi connectivity index (χ1v) is 10.8. The first-order chi connectivity index (χ1) is 17.3. The molecule has 11 heteroatoms. The Bertz CT molecular complexity index is 1270. The number of hydrogen-bond donors (Lipinski definition) is 2. The van der Waals surface area contributed by atoms with Gasteiger partial charge in [-0.15, -0.1) is 0 Å². The molecule has 2 aromatic carbocycles. The highest BCUT2D eigenvalue weighted by Crippen LogP contribution is 2.21. The maximum absolute atomic E-state index is 14.5. The number of hydrogen-bond acceptors (Lipinski definition) is 7. The summed E-state index contributed by atoms with van der Waals surface area (Å²) in [5, 5.41) is 14.9. The van der Waals surface area contributed by atoms with Gasteiger partial charge < -0.3 is 15.5 Å². The molecule has 0 spiro atoms. The molecule has 0 aliphatic rings. The standard InChI is InChI=1S/C25H23F2N7O2/c1-17(26)24(36)33(2)21-10-8-20(9-11-21)31-22-12-14-30-25(32-22)34(27)15-3-13-29-23(35)19-6-4-18(16-28)5-7-19/h4-12,14H,1,3,13,15H2,2H3,(H,29,35)(H,30,31,32). The van der Waals surface area contributed by atoms with Gasteiger partial charge in [0.2, 0.25) is 0 Å². The lowest BCUT2D eigenvalue weighted by atomic mass is 10.1. The molecule has 0 aliphatic carbocycles. The second kappa shape index (κ2) is 12.0. The predicted molar refractivity (Wildman–Crippen MR) is 132 cm³/mol. The summed E-state index contributed by atoms with van der Waals surface area (Å²) >= 11 is 0. The molecule has 0 fully saturated rings. The van der Waals surface area contributed by atoms with Crippen LogP contribution in [0, 0.1) is 11.3 Å². The van der Waals surface area contributed by atoms with E-state index in [1.807, 2.05) is 6.07 Å². The summed E-state index contributed by atoms with van der Waals surface area (Å²) in [7, 11) is 1.43. The third-order valence-electron chi connectivity index (χ3n) is 5.02. The lowest BCUT2D eigenvalue weighted by Gasteiger charge is -2.17. The molecular weight excluding hydrogens is 468 g/mol. The molecule has 0 atom stereocenters. The van der Waals surface area contributed by atoms with Gasteiger partial charge in [0, 0.05) is 36.7 Å². The van der Waals surface area contributed by atoms with Crippen LogP contribution in [0.4, 0.5) is 32.0 Å². The average Bonchev–Trinajstić information content (AvgIpc) is 2.90. The molecule has 9 nitrogen and oxygen atoms in total. The number of amides is 2. The number of aromatic nitrogens is 2. The van der Waals surface area contributed by atoms with Crippen molar-refractivity contribution < 1.29 is 18.5 Å². The Morgan fingerprint density at radius 1 is 1.11 bits per heavy atom. The van der Waals surface area contributed by atoms with Crippen LogP contribution < -0.4 is 20.7 Å². The SMILES string of the molecule is C=C(F)C(=O)N(C)c1ccc(Nc2ccnc(N(F)CCCNC(=O)c3ccc(C#N)cc3)n2)cc1. The van der Waals surface area contributed by atoms with Gasteiger partial charge in [-0.3, -0.25) is 9.59 Å².